The van der Waals surface area contributed by atoms with Crippen LogP contribution in [0.25, 0.3) is 0 Å². The van der Waals surface area contributed by atoms with Gasteiger partial charge < -0.3 is 4.90 Å². The van der Waals surface area contributed by atoms with Crippen LogP contribution in [-0.4, -0.2) is 16.8 Å². The van der Waals surface area contributed by atoms with Crippen molar-refractivity contribution in [2.45, 2.75) is 40.3 Å². The highest BCUT2D eigenvalue weighted by molar-refractivity contribution is 9.10. The van der Waals surface area contributed by atoms with Crippen molar-refractivity contribution in [1.82, 2.24) is 9.78 Å². The summed E-state index contributed by atoms with van der Waals surface area (Å²) >= 11 is 3.66. The summed E-state index contributed by atoms with van der Waals surface area (Å²) in [6, 6.07) is 8.77. The third-order valence-electron chi connectivity index (χ3n) is 3.63. The highest BCUT2D eigenvalue weighted by Gasteiger charge is 2.14. The van der Waals surface area contributed by atoms with Gasteiger partial charge in [-0.15, -0.1) is 0 Å². The van der Waals surface area contributed by atoms with Crippen LogP contribution in [0.2, 0.25) is 0 Å². The topological polar surface area (TPSA) is 21.1 Å². The minimum absolute atomic E-state index is 0.848. The number of hydrogen-bond acceptors (Lipinski definition) is 2. The van der Waals surface area contributed by atoms with Gasteiger partial charge in [-0.1, -0.05) is 19.1 Å². The van der Waals surface area contributed by atoms with Crippen molar-refractivity contribution >= 4 is 21.6 Å². The molecule has 108 valence electrons. The van der Waals surface area contributed by atoms with Gasteiger partial charge in [-0.3, -0.25) is 4.68 Å². The van der Waals surface area contributed by atoms with E-state index in [9.17, 15) is 0 Å². The van der Waals surface area contributed by atoms with E-state index >= 15 is 0 Å². The minimum atomic E-state index is 0.848. The van der Waals surface area contributed by atoms with Gasteiger partial charge in [0.1, 0.15) is 0 Å². The average Bonchev–Trinajstić information content (AvgIpc) is 2.75. The first-order valence-corrected chi connectivity index (χ1v) is 7.88. The second kappa shape index (κ2) is 6.44. The molecule has 20 heavy (non-hydrogen) atoms. The number of hydrogen-bond donors (Lipinski definition) is 0. The van der Waals surface area contributed by atoms with Gasteiger partial charge in [0.15, 0.2) is 0 Å². The Morgan fingerprint density at radius 2 is 1.85 bits per heavy atom. The van der Waals surface area contributed by atoms with Crippen LogP contribution in [-0.2, 0) is 19.5 Å². The molecule has 1 heterocycles. The number of anilines is 1. The predicted molar refractivity (Wildman–Crippen MR) is 88.3 cm³/mol. The van der Waals surface area contributed by atoms with Crippen molar-refractivity contribution < 1.29 is 0 Å². The lowest BCUT2D eigenvalue weighted by atomic mass is 10.1. The Hall–Kier alpha value is -1.29. The van der Waals surface area contributed by atoms with E-state index in [0.29, 0.717) is 0 Å². The van der Waals surface area contributed by atoms with Gasteiger partial charge in [-0.2, -0.15) is 5.10 Å². The maximum absolute atomic E-state index is 4.55. The van der Waals surface area contributed by atoms with E-state index in [4.69, 9.17) is 0 Å². The molecule has 1 aromatic heterocycles. The maximum atomic E-state index is 4.55. The van der Waals surface area contributed by atoms with E-state index in [1.165, 1.54) is 16.9 Å². The summed E-state index contributed by atoms with van der Waals surface area (Å²) in [7, 11) is 2.12. The molecule has 3 nitrogen and oxygen atoms in total. The molecule has 0 saturated heterocycles. The molecule has 2 rings (SSSR count). The van der Waals surface area contributed by atoms with Crippen molar-refractivity contribution in [2.75, 3.05) is 11.9 Å². The fourth-order valence-electron chi connectivity index (χ4n) is 2.32. The highest BCUT2D eigenvalue weighted by Crippen LogP contribution is 2.24. The first-order valence-electron chi connectivity index (χ1n) is 7.08. The molecule has 0 saturated carbocycles. The SMILES string of the molecule is CCc1ccc(N(C)Cc2c(Br)c(C)nn2CC)cc1. The predicted octanol–water partition coefficient (Wildman–Crippen LogP) is 4.17. The van der Waals surface area contributed by atoms with E-state index < -0.39 is 0 Å². The number of halogens is 1. The quantitative estimate of drug-likeness (QED) is 0.817. The summed E-state index contributed by atoms with van der Waals surface area (Å²) in [5.41, 5.74) is 4.89. The molecule has 1 aromatic carbocycles. The molecule has 4 heteroatoms. The summed E-state index contributed by atoms with van der Waals surface area (Å²) < 4.78 is 3.19. The van der Waals surface area contributed by atoms with Crippen LogP contribution < -0.4 is 4.90 Å². The van der Waals surface area contributed by atoms with Crippen LogP contribution in [0, 0.1) is 6.92 Å². The van der Waals surface area contributed by atoms with E-state index in [-0.39, 0.29) is 0 Å². The summed E-state index contributed by atoms with van der Waals surface area (Å²) in [5.74, 6) is 0. The van der Waals surface area contributed by atoms with Gasteiger partial charge in [0.25, 0.3) is 0 Å². The van der Waals surface area contributed by atoms with Crippen LogP contribution in [0.3, 0.4) is 0 Å². The molecule has 2 aromatic rings. The largest absolute Gasteiger partial charge is 0.369 e. The molecular weight excluding hydrogens is 314 g/mol. The van der Waals surface area contributed by atoms with Crippen LogP contribution in [0.1, 0.15) is 30.8 Å². The second-order valence-corrected chi connectivity index (χ2v) is 5.83. The maximum Gasteiger partial charge on any atom is 0.0739 e. The van der Waals surface area contributed by atoms with Crippen molar-refractivity contribution in [2.24, 2.45) is 0 Å². The van der Waals surface area contributed by atoms with Crippen molar-refractivity contribution in [3.8, 4) is 0 Å². The summed E-state index contributed by atoms with van der Waals surface area (Å²) in [4.78, 5) is 2.26. The number of aryl methyl sites for hydroxylation is 3. The normalized spacial score (nSPS) is 10.8. The van der Waals surface area contributed by atoms with Crippen LogP contribution in [0.15, 0.2) is 28.7 Å². The second-order valence-electron chi connectivity index (χ2n) is 5.04. The minimum Gasteiger partial charge on any atom is -0.369 e. The van der Waals surface area contributed by atoms with Gasteiger partial charge in [0.2, 0.25) is 0 Å². The zero-order valence-corrected chi connectivity index (χ0v) is 14.2. The molecule has 0 aliphatic rings. The summed E-state index contributed by atoms with van der Waals surface area (Å²) in [6.07, 6.45) is 1.08. The zero-order chi connectivity index (χ0) is 14.7. The lowest BCUT2D eigenvalue weighted by Gasteiger charge is -2.20. The Morgan fingerprint density at radius 3 is 2.40 bits per heavy atom. The fraction of sp³-hybridized carbons (Fsp3) is 0.438. The summed E-state index contributed by atoms with van der Waals surface area (Å²) in [5, 5.41) is 4.55. The number of aromatic nitrogens is 2. The molecule has 0 fully saturated rings. The van der Waals surface area contributed by atoms with E-state index in [1.807, 2.05) is 6.92 Å². The van der Waals surface area contributed by atoms with E-state index in [0.717, 1.165) is 29.7 Å². The smallest absolute Gasteiger partial charge is 0.0739 e. The molecule has 0 bridgehead atoms. The fourth-order valence-corrected chi connectivity index (χ4v) is 2.73. The Balaban J connectivity index is 2.20. The molecule has 0 N–H and O–H groups in total. The number of benzene rings is 1. The van der Waals surface area contributed by atoms with Gasteiger partial charge in [0.05, 0.1) is 22.4 Å². The molecule has 0 radical (unpaired) electrons. The Bertz CT molecular complexity index is 572. The third kappa shape index (κ3) is 3.06. The molecule has 0 spiro atoms. The standard InChI is InChI=1S/C16H22BrN3/c1-5-13-7-9-14(10-8-13)19(4)11-15-16(17)12(3)18-20(15)6-2/h7-10H,5-6,11H2,1-4H3. The zero-order valence-electron chi connectivity index (χ0n) is 12.7. The molecule has 0 unspecified atom stereocenters. The van der Waals surface area contributed by atoms with Gasteiger partial charge in [-0.05, 0) is 53.9 Å². The first-order chi connectivity index (χ1) is 9.56. The molecule has 0 aliphatic heterocycles. The van der Waals surface area contributed by atoms with Crippen LogP contribution in [0.5, 0.6) is 0 Å². The van der Waals surface area contributed by atoms with Gasteiger partial charge in [0, 0.05) is 19.3 Å². The monoisotopic (exact) mass is 335 g/mol. The third-order valence-corrected chi connectivity index (χ3v) is 4.66. The van der Waals surface area contributed by atoms with Crippen molar-refractivity contribution in [3.05, 3.63) is 45.7 Å². The van der Waals surface area contributed by atoms with Crippen LogP contribution in [0.4, 0.5) is 5.69 Å². The van der Waals surface area contributed by atoms with E-state index in [1.54, 1.807) is 0 Å². The Labute approximate surface area is 129 Å². The average molecular weight is 336 g/mol. The van der Waals surface area contributed by atoms with Crippen molar-refractivity contribution in [3.63, 3.8) is 0 Å². The van der Waals surface area contributed by atoms with Gasteiger partial charge in [-0.25, -0.2) is 0 Å². The van der Waals surface area contributed by atoms with Gasteiger partial charge >= 0.3 is 0 Å². The number of rotatable bonds is 5. The Morgan fingerprint density at radius 1 is 1.20 bits per heavy atom. The number of nitrogens with zero attached hydrogens (tertiary/aromatic N) is 3. The molecule has 0 amide bonds. The molecule has 0 atom stereocenters. The summed E-state index contributed by atoms with van der Waals surface area (Å²) in [6.45, 7) is 8.08. The first kappa shape index (κ1) is 15.1. The molecular formula is C16H22BrN3. The lowest BCUT2D eigenvalue weighted by molar-refractivity contribution is 0.612. The van der Waals surface area contributed by atoms with E-state index in [2.05, 4.69) is 75.8 Å². The highest BCUT2D eigenvalue weighted by atomic mass is 79.9. The lowest BCUT2D eigenvalue weighted by Crippen LogP contribution is -2.19. The van der Waals surface area contributed by atoms with Crippen LogP contribution >= 0.6 is 15.9 Å². The Kier molecular flexibility index (Phi) is 4.86. The molecule has 0 aliphatic carbocycles. The van der Waals surface area contributed by atoms with Crippen molar-refractivity contribution in [1.29, 1.82) is 0 Å².